The predicted molar refractivity (Wildman–Crippen MR) is 45.0 cm³/mol. The van der Waals surface area contributed by atoms with Crippen molar-refractivity contribution in [1.82, 2.24) is 0 Å². The van der Waals surface area contributed by atoms with Gasteiger partial charge < -0.3 is 5.11 Å². The molecule has 0 bridgehead atoms. The molecule has 0 atom stereocenters. The van der Waals surface area contributed by atoms with Crippen molar-refractivity contribution in [2.24, 2.45) is 0 Å². The molecule has 0 radical (unpaired) electrons. The molecule has 2 nitrogen and oxygen atoms in total. The first-order valence-electron chi connectivity index (χ1n) is 2.99. The van der Waals surface area contributed by atoms with Gasteiger partial charge in [0.05, 0.1) is 5.02 Å². The van der Waals surface area contributed by atoms with Crippen molar-refractivity contribution in [3.8, 4) is 0 Å². The average molecular weight is 173 g/mol. The zero-order chi connectivity index (χ0) is 8.69. The summed E-state index contributed by atoms with van der Waals surface area (Å²) in [5, 5.41) is 7.51. The first-order valence-corrected chi connectivity index (χ1v) is 3.37. The maximum Gasteiger partial charge on any atom is 0.151 e. The number of aliphatic hydroxyl groups is 1. The highest BCUT2D eigenvalue weighted by Crippen LogP contribution is 2.11. The van der Waals surface area contributed by atoms with Gasteiger partial charge in [0.2, 0.25) is 0 Å². The Morgan fingerprint density at radius 3 is 2.27 bits per heavy atom. The van der Waals surface area contributed by atoms with Gasteiger partial charge >= 0.3 is 0 Å². The van der Waals surface area contributed by atoms with Crippen molar-refractivity contribution >= 4 is 17.9 Å². The molecular weight excluding hydrogens is 164 g/mol. The summed E-state index contributed by atoms with van der Waals surface area (Å²) in [5.74, 6) is 0. The number of rotatable bonds is 1. The average Bonchev–Trinajstić information content (AvgIpc) is 2.09. The minimum Gasteiger partial charge on any atom is -0.400 e. The van der Waals surface area contributed by atoms with Gasteiger partial charge in [-0.05, 0) is 6.07 Å². The summed E-state index contributed by atoms with van der Waals surface area (Å²) in [6.07, 6.45) is 0.738. The SMILES string of the molecule is CO.O=Cc1ccccc1Cl. The van der Waals surface area contributed by atoms with Crippen LogP contribution in [0.4, 0.5) is 0 Å². The highest BCUT2D eigenvalue weighted by molar-refractivity contribution is 6.32. The molecule has 0 amide bonds. The van der Waals surface area contributed by atoms with E-state index in [1.165, 1.54) is 0 Å². The molecular formula is C8H9ClO2. The third kappa shape index (κ3) is 3.16. The molecule has 0 spiro atoms. The van der Waals surface area contributed by atoms with E-state index in [1.807, 2.05) is 0 Å². The Kier molecular flexibility index (Phi) is 5.43. The highest BCUT2D eigenvalue weighted by Gasteiger charge is 1.92. The van der Waals surface area contributed by atoms with E-state index >= 15 is 0 Å². The van der Waals surface area contributed by atoms with Crippen molar-refractivity contribution in [1.29, 1.82) is 0 Å². The van der Waals surface area contributed by atoms with E-state index < -0.39 is 0 Å². The topological polar surface area (TPSA) is 37.3 Å². The molecule has 3 heteroatoms. The van der Waals surface area contributed by atoms with Crippen molar-refractivity contribution in [2.75, 3.05) is 7.11 Å². The Balaban J connectivity index is 0.000000461. The lowest BCUT2D eigenvalue weighted by Crippen LogP contribution is -1.77. The fraction of sp³-hybridized carbons (Fsp3) is 0.125. The lowest BCUT2D eigenvalue weighted by atomic mass is 10.2. The molecule has 1 aromatic carbocycles. The van der Waals surface area contributed by atoms with Gasteiger partial charge in [-0.2, -0.15) is 0 Å². The number of halogens is 1. The van der Waals surface area contributed by atoms with Gasteiger partial charge in [-0.3, -0.25) is 4.79 Å². The van der Waals surface area contributed by atoms with Crippen LogP contribution in [0.25, 0.3) is 0 Å². The largest absolute Gasteiger partial charge is 0.400 e. The van der Waals surface area contributed by atoms with Gasteiger partial charge in [0.25, 0.3) is 0 Å². The molecule has 60 valence electrons. The summed E-state index contributed by atoms with van der Waals surface area (Å²) in [7, 11) is 1.00. The molecule has 1 aromatic rings. The molecule has 11 heavy (non-hydrogen) atoms. The van der Waals surface area contributed by atoms with Crippen LogP contribution in [0.2, 0.25) is 5.02 Å². The Hall–Kier alpha value is -0.860. The maximum absolute atomic E-state index is 10.1. The van der Waals surface area contributed by atoms with Crippen LogP contribution in [-0.2, 0) is 0 Å². The van der Waals surface area contributed by atoms with Crippen molar-refractivity contribution in [3.63, 3.8) is 0 Å². The minimum atomic E-state index is 0.507. The van der Waals surface area contributed by atoms with E-state index in [-0.39, 0.29) is 0 Å². The molecule has 1 N–H and O–H groups in total. The third-order valence-electron chi connectivity index (χ3n) is 1.03. The highest BCUT2D eigenvalue weighted by atomic mass is 35.5. The summed E-state index contributed by atoms with van der Waals surface area (Å²) in [4.78, 5) is 10.1. The molecule has 0 aliphatic rings. The quantitative estimate of drug-likeness (QED) is 0.656. The summed E-state index contributed by atoms with van der Waals surface area (Å²) in [6, 6.07) is 6.92. The van der Waals surface area contributed by atoms with Crippen LogP contribution in [0.15, 0.2) is 24.3 Å². The summed E-state index contributed by atoms with van der Waals surface area (Å²) in [6.45, 7) is 0. The van der Waals surface area contributed by atoms with E-state index in [9.17, 15) is 4.79 Å². The lowest BCUT2D eigenvalue weighted by molar-refractivity contribution is 0.112. The zero-order valence-electron chi connectivity index (χ0n) is 6.12. The molecule has 0 saturated carbocycles. The number of carbonyl (C=O) groups is 1. The van der Waals surface area contributed by atoms with E-state index in [0.717, 1.165) is 13.4 Å². The minimum absolute atomic E-state index is 0.507. The van der Waals surface area contributed by atoms with Crippen molar-refractivity contribution in [3.05, 3.63) is 34.9 Å². The Morgan fingerprint density at radius 1 is 1.36 bits per heavy atom. The number of aldehydes is 1. The van der Waals surface area contributed by atoms with Crippen LogP contribution in [0.1, 0.15) is 10.4 Å². The lowest BCUT2D eigenvalue weighted by Gasteiger charge is -1.90. The van der Waals surface area contributed by atoms with Crippen LogP contribution in [0.3, 0.4) is 0 Å². The van der Waals surface area contributed by atoms with E-state index in [1.54, 1.807) is 24.3 Å². The van der Waals surface area contributed by atoms with E-state index in [2.05, 4.69) is 0 Å². The van der Waals surface area contributed by atoms with Gasteiger partial charge in [-0.15, -0.1) is 0 Å². The van der Waals surface area contributed by atoms with Gasteiger partial charge in [0.1, 0.15) is 0 Å². The first-order chi connectivity index (χ1) is 5.34. The van der Waals surface area contributed by atoms with Gasteiger partial charge in [-0.25, -0.2) is 0 Å². The number of carbonyl (C=O) groups excluding carboxylic acids is 1. The molecule has 1 rings (SSSR count). The number of aliphatic hydroxyl groups excluding tert-OH is 1. The van der Waals surface area contributed by atoms with Crippen LogP contribution in [0.5, 0.6) is 0 Å². The summed E-state index contributed by atoms with van der Waals surface area (Å²) >= 11 is 5.59. The van der Waals surface area contributed by atoms with Gasteiger partial charge in [0, 0.05) is 12.7 Å². The maximum atomic E-state index is 10.1. The third-order valence-corrected chi connectivity index (χ3v) is 1.38. The summed E-state index contributed by atoms with van der Waals surface area (Å²) < 4.78 is 0. The zero-order valence-corrected chi connectivity index (χ0v) is 6.88. The second-order valence-corrected chi connectivity index (χ2v) is 2.05. The van der Waals surface area contributed by atoms with E-state index in [4.69, 9.17) is 16.7 Å². The molecule has 0 saturated heterocycles. The molecule has 0 aliphatic heterocycles. The fourth-order valence-electron chi connectivity index (χ4n) is 0.571. The number of hydrogen-bond acceptors (Lipinski definition) is 2. The van der Waals surface area contributed by atoms with Crippen LogP contribution >= 0.6 is 11.6 Å². The number of hydrogen-bond donors (Lipinski definition) is 1. The smallest absolute Gasteiger partial charge is 0.151 e. The van der Waals surface area contributed by atoms with Gasteiger partial charge in [-0.1, -0.05) is 29.8 Å². The monoisotopic (exact) mass is 172 g/mol. The van der Waals surface area contributed by atoms with Crippen molar-refractivity contribution in [2.45, 2.75) is 0 Å². The first kappa shape index (κ1) is 10.1. The second kappa shape index (κ2) is 5.89. The van der Waals surface area contributed by atoms with E-state index in [0.29, 0.717) is 10.6 Å². The molecule has 0 aliphatic carbocycles. The predicted octanol–water partition coefficient (Wildman–Crippen LogP) is 1.76. The molecule has 0 fully saturated rings. The Bertz CT molecular complexity index is 223. The van der Waals surface area contributed by atoms with Crippen LogP contribution in [-0.4, -0.2) is 18.5 Å². The molecule has 0 aromatic heterocycles. The Morgan fingerprint density at radius 2 is 1.91 bits per heavy atom. The standard InChI is InChI=1S/C7H5ClO.CH4O/c8-7-4-2-1-3-6(7)5-9;1-2/h1-5H;2H,1H3. The fourth-order valence-corrected chi connectivity index (χ4v) is 0.751. The van der Waals surface area contributed by atoms with Crippen LogP contribution in [0, 0.1) is 0 Å². The van der Waals surface area contributed by atoms with Gasteiger partial charge in [0.15, 0.2) is 6.29 Å². The Labute approximate surface area is 70.4 Å². The second-order valence-electron chi connectivity index (χ2n) is 1.64. The van der Waals surface area contributed by atoms with Crippen LogP contribution < -0.4 is 0 Å². The normalized spacial score (nSPS) is 7.91. The molecule has 0 heterocycles. The number of benzene rings is 1. The molecule has 0 unspecified atom stereocenters. The summed E-state index contributed by atoms with van der Waals surface area (Å²) in [5.41, 5.74) is 0.541. The van der Waals surface area contributed by atoms with Crippen molar-refractivity contribution < 1.29 is 9.90 Å².